The normalized spacial score (nSPS) is 17.0. The highest BCUT2D eigenvalue weighted by Gasteiger charge is 2.28. The Morgan fingerprint density at radius 2 is 1.94 bits per heavy atom. The van der Waals surface area contributed by atoms with Crippen LogP contribution in [-0.2, 0) is 21.2 Å². The van der Waals surface area contributed by atoms with Crippen molar-refractivity contribution in [2.24, 2.45) is 5.92 Å². The number of carbonyl (C=O) groups excluding carboxylic acids is 1. The first-order valence-electron chi connectivity index (χ1n) is 9.47. The molecule has 0 saturated carbocycles. The molecule has 1 atom stereocenters. The van der Waals surface area contributed by atoms with Gasteiger partial charge in [-0.3, -0.25) is 9.69 Å². The monoisotopic (exact) mass is 492 g/mol. The average Bonchev–Trinajstić information content (AvgIpc) is 3.33. The second-order valence-electron chi connectivity index (χ2n) is 7.23. The van der Waals surface area contributed by atoms with Gasteiger partial charge in [-0.05, 0) is 23.8 Å². The van der Waals surface area contributed by atoms with E-state index in [-0.39, 0.29) is 24.0 Å². The fourth-order valence-electron chi connectivity index (χ4n) is 3.34. The van der Waals surface area contributed by atoms with Crippen LogP contribution in [0.2, 0.25) is 10.0 Å². The largest absolute Gasteiger partial charge is 0.284 e. The predicted octanol–water partition coefficient (Wildman–Crippen LogP) is 5.60. The predicted molar refractivity (Wildman–Crippen MR) is 126 cm³/mol. The van der Waals surface area contributed by atoms with Crippen molar-refractivity contribution in [1.29, 1.82) is 0 Å². The first-order valence-corrected chi connectivity index (χ1v) is 12.8. The lowest BCUT2D eigenvalue weighted by molar-refractivity contribution is -0.119. The number of carbonyl (C=O) groups is 1. The van der Waals surface area contributed by atoms with Crippen molar-refractivity contribution in [3.8, 4) is 11.3 Å². The van der Waals surface area contributed by atoms with E-state index in [4.69, 9.17) is 23.2 Å². The van der Waals surface area contributed by atoms with E-state index >= 15 is 0 Å². The van der Waals surface area contributed by atoms with Crippen molar-refractivity contribution < 1.29 is 13.2 Å². The summed E-state index contributed by atoms with van der Waals surface area (Å²) >= 11 is 13.6. The third kappa shape index (κ3) is 5.36. The minimum atomic E-state index is -3.22. The van der Waals surface area contributed by atoms with Crippen molar-refractivity contribution in [3.63, 3.8) is 0 Å². The molecule has 9 heteroatoms. The molecule has 1 aliphatic heterocycles. The molecule has 0 aliphatic carbocycles. The number of amides is 1. The number of hydrogen-bond acceptors (Lipinski definition) is 5. The first-order chi connectivity index (χ1) is 14.8. The molecule has 4 rings (SSSR count). The van der Waals surface area contributed by atoms with Crippen LogP contribution in [0.5, 0.6) is 0 Å². The molecule has 3 aromatic rings. The Kier molecular flexibility index (Phi) is 6.48. The highest BCUT2D eigenvalue weighted by Crippen LogP contribution is 2.34. The number of halogens is 2. The molecule has 0 radical (unpaired) electrons. The number of hydrogen-bond donors (Lipinski definition) is 0. The van der Waals surface area contributed by atoms with Crippen molar-refractivity contribution >= 4 is 55.4 Å². The fraction of sp³-hybridized carbons (Fsp3) is 0.182. The van der Waals surface area contributed by atoms with E-state index in [0.717, 1.165) is 11.1 Å². The maximum absolute atomic E-state index is 13.2. The lowest BCUT2D eigenvalue weighted by atomic mass is 10.1. The quantitative estimate of drug-likeness (QED) is 0.449. The second-order valence-corrected chi connectivity index (χ2v) is 10.8. The molecular formula is C22H18Cl2N2O3S2. The Morgan fingerprint density at radius 1 is 1.16 bits per heavy atom. The number of rotatable bonds is 6. The van der Waals surface area contributed by atoms with Crippen molar-refractivity contribution in [2.75, 3.05) is 10.7 Å². The fourth-order valence-corrected chi connectivity index (χ4v) is 6.08. The van der Waals surface area contributed by atoms with E-state index in [1.807, 2.05) is 35.7 Å². The molecule has 160 valence electrons. The van der Waals surface area contributed by atoms with Gasteiger partial charge in [0.05, 0.1) is 23.0 Å². The lowest BCUT2D eigenvalue weighted by Gasteiger charge is -2.21. The summed E-state index contributed by atoms with van der Waals surface area (Å²) in [5.74, 6) is -0.554. The Hall–Kier alpha value is -2.19. The smallest absolute Gasteiger partial charge is 0.229 e. The minimum Gasteiger partial charge on any atom is -0.284 e. The number of anilines is 1. The zero-order chi connectivity index (χ0) is 22.0. The SMILES string of the molecule is O=C(CC1C=CS(=O)(=O)C1)N(Cc1ccccc1)c1nc(-c2ccc(Cl)cc2Cl)cs1. The molecule has 2 aromatic carbocycles. The molecule has 0 fully saturated rings. The molecule has 1 aliphatic rings. The maximum Gasteiger partial charge on any atom is 0.229 e. The van der Waals surface area contributed by atoms with Gasteiger partial charge in [0, 0.05) is 33.7 Å². The van der Waals surface area contributed by atoms with Gasteiger partial charge in [-0.15, -0.1) is 11.3 Å². The Labute approximate surface area is 194 Å². The second kappa shape index (κ2) is 9.12. The van der Waals surface area contributed by atoms with Crippen LogP contribution in [0.3, 0.4) is 0 Å². The van der Waals surface area contributed by atoms with Crippen LogP contribution < -0.4 is 4.90 Å². The molecule has 1 aromatic heterocycles. The number of nitrogens with zero attached hydrogens (tertiary/aromatic N) is 2. The van der Waals surface area contributed by atoms with Crippen molar-refractivity contribution in [2.45, 2.75) is 13.0 Å². The highest BCUT2D eigenvalue weighted by molar-refractivity contribution is 7.94. The van der Waals surface area contributed by atoms with Gasteiger partial charge >= 0.3 is 0 Å². The van der Waals surface area contributed by atoms with Crippen molar-refractivity contribution in [3.05, 3.63) is 81.0 Å². The Balaban J connectivity index is 1.62. The topological polar surface area (TPSA) is 67.3 Å². The number of thiazole rings is 1. The molecule has 31 heavy (non-hydrogen) atoms. The van der Waals surface area contributed by atoms with E-state index in [2.05, 4.69) is 4.98 Å². The molecule has 0 saturated heterocycles. The third-order valence-electron chi connectivity index (χ3n) is 4.86. The third-order valence-corrected chi connectivity index (χ3v) is 7.73. The zero-order valence-electron chi connectivity index (χ0n) is 16.2. The average molecular weight is 493 g/mol. The summed E-state index contributed by atoms with van der Waals surface area (Å²) in [4.78, 5) is 19.4. The molecule has 1 unspecified atom stereocenters. The van der Waals surface area contributed by atoms with Gasteiger partial charge in [0.1, 0.15) is 0 Å². The maximum atomic E-state index is 13.2. The number of benzene rings is 2. The first kappa shape index (κ1) is 22.0. The molecule has 2 heterocycles. The number of allylic oxidation sites excluding steroid dienone is 1. The van der Waals surface area contributed by atoms with E-state index in [0.29, 0.717) is 27.4 Å². The van der Waals surface area contributed by atoms with Crippen LogP contribution in [-0.4, -0.2) is 25.1 Å². The van der Waals surface area contributed by atoms with Gasteiger partial charge in [-0.2, -0.15) is 0 Å². The van der Waals surface area contributed by atoms with E-state index in [9.17, 15) is 13.2 Å². The van der Waals surface area contributed by atoms with Crippen LogP contribution in [0.25, 0.3) is 11.3 Å². The van der Waals surface area contributed by atoms with Crippen molar-refractivity contribution in [1.82, 2.24) is 4.98 Å². The molecule has 0 spiro atoms. The Bertz CT molecular complexity index is 1240. The number of aromatic nitrogens is 1. The van der Waals surface area contributed by atoms with Crippen LogP contribution in [0, 0.1) is 5.92 Å². The Morgan fingerprint density at radius 3 is 2.61 bits per heavy atom. The summed E-state index contributed by atoms with van der Waals surface area (Å²) < 4.78 is 23.5. The highest BCUT2D eigenvalue weighted by atomic mass is 35.5. The molecule has 0 N–H and O–H groups in total. The molecule has 5 nitrogen and oxygen atoms in total. The van der Waals surface area contributed by atoms with Crippen LogP contribution in [0.4, 0.5) is 5.13 Å². The van der Waals surface area contributed by atoms with E-state index < -0.39 is 9.84 Å². The van der Waals surface area contributed by atoms with Crippen LogP contribution in [0.15, 0.2) is 65.4 Å². The van der Waals surface area contributed by atoms with Crippen LogP contribution in [0.1, 0.15) is 12.0 Å². The van der Waals surface area contributed by atoms with Crippen LogP contribution >= 0.6 is 34.5 Å². The van der Waals surface area contributed by atoms with E-state index in [1.165, 1.54) is 16.7 Å². The summed E-state index contributed by atoms with van der Waals surface area (Å²) in [6.07, 6.45) is 1.69. The van der Waals surface area contributed by atoms with Gasteiger partial charge in [0.25, 0.3) is 0 Å². The molecule has 0 bridgehead atoms. The van der Waals surface area contributed by atoms with Gasteiger partial charge in [-0.25, -0.2) is 13.4 Å². The summed E-state index contributed by atoms with van der Waals surface area (Å²) in [5.41, 5.74) is 2.33. The summed E-state index contributed by atoms with van der Waals surface area (Å²) in [6, 6.07) is 14.8. The van der Waals surface area contributed by atoms with Gasteiger partial charge in [0.2, 0.25) is 5.91 Å². The molecule has 1 amide bonds. The van der Waals surface area contributed by atoms with Gasteiger partial charge in [0.15, 0.2) is 15.0 Å². The van der Waals surface area contributed by atoms with Gasteiger partial charge < -0.3 is 0 Å². The zero-order valence-corrected chi connectivity index (χ0v) is 19.4. The minimum absolute atomic E-state index is 0.0403. The van der Waals surface area contributed by atoms with Gasteiger partial charge in [-0.1, -0.05) is 59.6 Å². The van der Waals surface area contributed by atoms with E-state index in [1.54, 1.807) is 29.2 Å². The molecular weight excluding hydrogens is 475 g/mol. The summed E-state index contributed by atoms with van der Waals surface area (Å²) in [6.45, 7) is 0.337. The summed E-state index contributed by atoms with van der Waals surface area (Å²) in [5, 5.41) is 4.57. The lowest BCUT2D eigenvalue weighted by Crippen LogP contribution is -2.32. The summed E-state index contributed by atoms with van der Waals surface area (Å²) in [7, 11) is -3.22. The number of sulfone groups is 1. The standard InChI is InChI=1S/C22H18Cl2N2O3S2/c23-17-6-7-18(19(24)11-17)20-13-30-22(25-20)26(12-15-4-2-1-3-5-15)21(27)10-16-8-9-31(28,29)14-16/h1-9,11,13,16H,10,12,14H2.